The van der Waals surface area contributed by atoms with Crippen molar-refractivity contribution >= 4 is 75.6 Å². The summed E-state index contributed by atoms with van der Waals surface area (Å²) in [6, 6.07) is 6.15. The molecule has 2 saturated heterocycles. The summed E-state index contributed by atoms with van der Waals surface area (Å²) in [5.41, 5.74) is -1.98. The first-order valence-corrected chi connectivity index (χ1v) is 15.0. The zero-order valence-electron chi connectivity index (χ0n) is 23.5. The van der Waals surface area contributed by atoms with Crippen LogP contribution < -0.4 is 10.2 Å². The molecule has 2 amide bonds. The van der Waals surface area contributed by atoms with Crippen molar-refractivity contribution in [3.8, 4) is 0 Å². The number of hydrogen-bond donors (Lipinski definition) is 1. The van der Waals surface area contributed by atoms with Gasteiger partial charge in [-0.1, -0.05) is 79.8 Å². The quantitative estimate of drug-likeness (QED) is 0.259. The van der Waals surface area contributed by atoms with Crippen molar-refractivity contribution < 1.29 is 27.9 Å². The van der Waals surface area contributed by atoms with Gasteiger partial charge in [-0.3, -0.25) is 19.3 Å². The molecule has 13 heteroatoms. The Morgan fingerprint density at radius 2 is 1.74 bits per heavy atom. The van der Waals surface area contributed by atoms with Crippen LogP contribution in [0.15, 0.2) is 43.0 Å². The number of ether oxygens (including phenoxy) is 1. The number of esters is 1. The zero-order chi connectivity index (χ0) is 31.6. The molecule has 0 saturated carbocycles. The Bertz CT molecular complexity index is 1510. The lowest BCUT2D eigenvalue weighted by Gasteiger charge is -2.37. The van der Waals surface area contributed by atoms with Crippen LogP contribution in [0, 0.1) is 17.3 Å². The molecule has 4 atom stereocenters. The Labute approximate surface area is 268 Å². The average molecular weight is 675 g/mol. The Kier molecular flexibility index (Phi) is 8.31. The number of fused-ring (bicyclic) bond motifs is 4. The summed E-state index contributed by atoms with van der Waals surface area (Å²) < 4.78 is 36.1. The number of nitrogens with one attached hydrogen (secondary N) is 1. The number of nitrogens with zero attached hydrogens (tertiary/aromatic N) is 2. The monoisotopic (exact) mass is 673 g/mol. The number of anilines is 2. The number of hydrogen-bond acceptors (Lipinski definition) is 5. The van der Waals surface area contributed by atoms with Gasteiger partial charge in [-0.05, 0) is 35.7 Å². The van der Waals surface area contributed by atoms with Crippen LogP contribution in [0.4, 0.5) is 20.2 Å². The first-order chi connectivity index (χ1) is 20.0. The molecular weight excluding hydrogens is 646 g/mol. The standard InChI is InChI=1S/C30H29Cl4F2N3O4/c1-5-6-43-26(41)23-22(25(40)38(13-28(2,3)4)18-8-15(31)7-16(32)9-18)21-12-29(35,36)14-39(21)30(23)19-10-17(33)11-20(34)24(19)37-27(30)42/h5,7-11,21-23H,1,6,12-14H2,2-4H3,(H,37,42)/t21-,22+,23-,30+/m0/s1. The lowest BCUT2D eigenvalue weighted by Crippen LogP contribution is -2.55. The van der Waals surface area contributed by atoms with Gasteiger partial charge in [-0.15, -0.1) is 0 Å². The van der Waals surface area contributed by atoms with Gasteiger partial charge in [0.05, 0.1) is 23.2 Å². The number of carbonyl (C=O) groups excluding carboxylic acids is 3. The molecule has 0 radical (unpaired) electrons. The maximum atomic E-state index is 15.3. The second-order valence-corrected chi connectivity index (χ2v) is 14.0. The number of halogens is 6. The Morgan fingerprint density at radius 1 is 1.12 bits per heavy atom. The van der Waals surface area contributed by atoms with Gasteiger partial charge in [-0.2, -0.15) is 0 Å². The molecule has 0 unspecified atom stereocenters. The van der Waals surface area contributed by atoms with E-state index in [1.807, 2.05) is 20.8 Å². The molecule has 0 aromatic heterocycles. The van der Waals surface area contributed by atoms with E-state index in [2.05, 4.69) is 11.9 Å². The van der Waals surface area contributed by atoms with Crippen LogP contribution in [0.1, 0.15) is 32.8 Å². The first kappa shape index (κ1) is 32.0. The van der Waals surface area contributed by atoms with E-state index < -0.39 is 65.5 Å². The minimum Gasteiger partial charge on any atom is -0.461 e. The summed E-state index contributed by atoms with van der Waals surface area (Å²) in [5.74, 6) is -8.62. The maximum Gasteiger partial charge on any atom is 0.312 e. The molecule has 43 heavy (non-hydrogen) atoms. The summed E-state index contributed by atoms with van der Waals surface area (Å²) in [6.45, 7) is 8.26. The van der Waals surface area contributed by atoms with Crippen molar-refractivity contribution in [3.05, 3.63) is 68.6 Å². The lowest BCUT2D eigenvalue weighted by molar-refractivity contribution is -0.158. The highest BCUT2D eigenvalue weighted by molar-refractivity contribution is 6.38. The van der Waals surface area contributed by atoms with Crippen LogP contribution in [0.3, 0.4) is 0 Å². The normalized spacial score (nSPS) is 25.8. The molecule has 2 fully saturated rings. The predicted octanol–water partition coefficient (Wildman–Crippen LogP) is 7.21. The lowest BCUT2D eigenvalue weighted by atomic mass is 9.73. The second-order valence-electron chi connectivity index (χ2n) is 12.3. The molecule has 1 spiro atoms. The van der Waals surface area contributed by atoms with Gasteiger partial charge in [0, 0.05) is 45.3 Å². The van der Waals surface area contributed by atoms with Crippen LogP contribution in [-0.4, -0.2) is 54.3 Å². The smallest absolute Gasteiger partial charge is 0.312 e. The molecule has 2 aromatic rings. The van der Waals surface area contributed by atoms with Gasteiger partial charge in [0.1, 0.15) is 18.1 Å². The van der Waals surface area contributed by atoms with Crippen molar-refractivity contribution in [3.63, 3.8) is 0 Å². The molecule has 0 aliphatic carbocycles. The largest absolute Gasteiger partial charge is 0.461 e. The van der Waals surface area contributed by atoms with Crippen molar-refractivity contribution in [2.45, 2.75) is 44.7 Å². The fraction of sp³-hybridized carbons (Fsp3) is 0.433. The van der Waals surface area contributed by atoms with E-state index >= 15 is 8.78 Å². The van der Waals surface area contributed by atoms with Crippen molar-refractivity contribution in [2.75, 3.05) is 29.9 Å². The predicted molar refractivity (Wildman–Crippen MR) is 163 cm³/mol. The van der Waals surface area contributed by atoms with Gasteiger partial charge in [-0.25, -0.2) is 8.78 Å². The SMILES string of the molecule is C=CCOC(=O)[C@@H]1[C@H](C(=O)N(CC(C)(C)C)c2cc(Cl)cc(Cl)c2)[C@@H]2CC(F)(F)CN2[C@@]12C(=O)Nc1c(Cl)cc(Cl)cc12. The number of benzene rings is 2. The molecule has 230 valence electrons. The minimum atomic E-state index is -3.27. The maximum absolute atomic E-state index is 15.3. The molecule has 3 aliphatic heterocycles. The van der Waals surface area contributed by atoms with Crippen molar-refractivity contribution in [1.29, 1.82) is 0 Å². The summed E-state index contributed by atoms with van der Waals surface area (Å²) in [4.78, 5) is 45.6. The van der Waals surface area contributed by atoms with E-state index in [1.165, 1.54) is 46.2 Å². The molecule has 0 bridgehead atoms. The van der Waals surface area contributed by atoms with E-state index in [-0.39, 0.29) is 44.5 Å². The Balaban J connectivity index is 1.77. The molecule has 3 aliphatic rings. The van der Waals surface area contributed by atoms with Crippen LogP contribution >= 0.6 is 46.4 Å². The third-order valence-electron chi connectivity index (χ3n) is 7.98. The molecule has 2 aromatic carbocycles. The topological polar surface area (TPSA) is 79.0 Å². The van der Waals surface area contributed by atoms with Crippen LogP contribution in [-0.2, 0) is 24.7 Å². The second kappa shape index (κ2) is 11.2. The number of carbonyl (C=O) groups is 3. The highest BCUT2D eigenvalue weighted by Crippen LogP contribution is 2.61. The summed E-state index contributed by atoms with van der Waals surface area (Å²) >= 11 is 25.4. The van der Waals surface area contributed by atoms with Crippen molar-refractivity contribution in [2.24, 2.45) is 17.3 Å². The summed E-state index contributed by atoms with van der Waals surface area (Å²) in [5, 5.41) is 3.36. The van der Waals surface area contributed by atoms with Gasteiger partial charge in [0.25, 0.3) is 11.8 Å². The molecule has 3 heterocycles. The highest BCUT2D eigenvalue weighted by atomic mass is 35.5. The number of alkyl halides is 2. The van der Waals surface area contributed by atoms with E-state index in [0.29, 0.717) is 5.69 Å². The third kappa shape index (κ3) is 5.52. The highest BCUT2D eigenvalue weighted by Gasteiger charge is 2.75. The van der Waals surface area contributed by atoms with Gasteiger partial charge in [0.2, 0.25) is 5.91 Å². The van der Waals surface area contributed by atoms with E-state index in [9.17, 15) is 14.4 Å². The van der Waals surface area contributed by atoms with E-state index in [0.717, 1.165) is 0 Å². The van der Waals surface area contributed by atoms with Gasteiger partial charge >= 0.3 is 5.97 Å². The fourth-order valence-electron chi connectivity index (χ4n) is 6.64. The minimum absolute atomic E-state index is 0.0612. The average Bonchev–Trinajstić information content (AvgIpc) is 3.45. The molecule has 1 N–H and O–H groups in total. The number of rotatable bonds is 6. The molecule has 5 rings (SSSR count). The van der Waals surface area contributed by atoms with Crippen molar-refractivity contribution in [1.82, 2.24) is 4.90 Å². The van der Waals surface area contributed by atoms with Gasteiger partial charge in [0.15, 0.2) is 0 Å². The zero-order valence-corrected chi connectivity index (χ0v) is 26.6. The molecular formula is C30H29Cl4F2N3O4. The van der Waals surface area contributed by atoms with E-state index in [1.54, 1.807) is 0 Å². The fourth-order valence-corrected chi connectivity index (χ4v) is 7.70. The van der Waals surface area contributed by atoms with Crippen LogP contribution in [0.2, 0.25) is 20.1 Å². The van der Waals surface area contributed by atoms with E-state index in [4.69, 9.17) is 51.1 Å². The van der Waals surface area contributed by atoms with Crippen LogP contribution in [0.25, 0.3) is 0 Å². The number of amides is 2. The van der Waals surface area contributed by atoms with Crippen LogP contribution in [0.5, 0.6) is 0 Å². The van der Waals surface area contributed by atoms with Gasteiger partial charge < -0.3 is 15.0 Å². The summed E-state index contributed by atoms with van der Waals surface area (Å²) in [6.07, 6.45) is 0.564. The first-order valence-electron chi connectivity index (χ1n) is 13.5. The molecule has 7 nitrogen and oxygen atoms in total. The third-order valence-corrected chi connectivity index (χ3v) is 8.93. The summed E-state index contributed by atoms with van der Waals surface area (Å²) in [7, 11) is 0. The Hall–Kier alpha value is -2.43. The Morgan fingerprint density at radius 3 is 2.35 bits per heavy atom.